The van der Waals surface area contributed by atoms with Crippen molar-refractivity contribution in [3.05, 3.63) is 71.4 Å². The van der Waals surface area contributed by atoms with E-state index in [0.717, 1.165) is 0 Å². The maximum absolute atomic E-state index is 3.70. The summed E-state index contributed by atoms with van der Waals surface area (Å²) in [5.74, 6) is 0.696. The minimum Gasteiger partial charge on any atom is -0.358 e. The molecule has 4 rings (SSSR count). The Morgan fingerprint density at radius 3 is 2.67 bits per heavy atom. The molecule has 21 heavy (non-hydrogen) atoms. The molecule has 1 atom stereocenters. The van der Waals surface area contributed by atoms with Crippen molar-refractivity contribution in [2.24, 2.45) is 0 Å². The van der Waals surface area contributed by atoms with Gasteiger partial charge in [0, 0.05) is 16.6 Å². The molecule has 2 aromatic carbocycles. The molecule has 0 radical (unpaired) electrons. The highest BCUT2D eigenvalue weighted by molar-refractivity contribution is 5.85. The van der Waals surface area contributed by atoms with Gasteiger partial charge in [0.1, 0.15) is 0 Å². The molecule has 1 aromatic heterocycles. The van der Waals surface area contributed by atoms with Crippen molar-refractivity contribution >= 4 is 10.9 Å². The molecule has 1 unspecified atom stereocenters. The number of benzene rings is 2. The molecule has 1 aliphatic rings. The van der Waals surface area contributed by atoms with Crippen molar-refractivity contribution in [3.8, 4) is 0 Å². The number of aromatic nitrogens is 1. The number of hydrogen-bond donors (Lipinski definition) is 1. The van der Waals surface area contributed by atoms with Gasteiger partial charge in [-0.15, -0.1) is 0 Å². The summed E-state index contributed by atoms with van der Waals surface area (Å²) in [5.41, 5.74) is 5.86. The third-order valence-corrected chi connectivity index (χ3v) is 4.86. The van der Waals surface area contributed by atoms with Gasteiger partial charge in [-0.3, -0.25) is 0 Å². The van der Waals surface area contributed by atoms with Crippen LogP contribution in [0.15, 0.2) is 54.6 Å². The first-order chi connectivity index (χ1) is 10.4. The lowest BCUT2D eigenvalue weighted by Crippen LogP contribution is -2.10. The number of aryl methyl sites for hydroxylation is 2. The van der Waals surface area contributed by atoms with Gasteiger partial charge in [0.15, 0.2) is 0 Å². The van der Waals surface area contributed by atoms with E-state index in [1.165, 1.54) is 54.3 Å². The topological polar surface area (TPSA) is 15.8 Å². The molecule has 1 heteroatoms. The minimum atomic E-state index is 0.696. The number of hydrogen-bond acceptors (Lipinski definition) is 0. The van der Waals surface area contributed by atoms with Gasteiger partial charge in [-0.05, 0) is 55.2 Å². The van der Waals surface area contributed by atoms with Crippen LogP contribution in [-0.2, 0) is 12.8 Å². The van der Waals surface area contributed by atoms with Crippen LogP contribution in [0.4, 0.5) is 0 Å². The first-order valence-electron chi connectivity index (χ1n) is 8.05. The van der Waals surface area contributed by atoms with Crippen LogP contribution in [-0.4, -0.2) is 4.98 Å². The normalized spacial score (nSPS) is 17.8. The van der Waals surface area contributed by atoms with Crippen LogP contribution >= 0.6 is 0 Å². The Kier molecular flexibility index (Phi) is 3.27. The summed E-state index contributed by atoms with van der Waals surface area (Å²) in [6.07, 6.45) is 6.33. The highest BCUT2D eigenvalue weighted by Gasteiger charge is 2.23. The fourth-order valence-electron chi connectivity index (χ4n) is 3.78. The molecular formula is C20H21N. The SMILES string of the molecule is c1ccc(CCC2CCCc3c2[nH]c2ccccc32)cc1. The van der Waals surface area contributed by atoms with Gasteiger partial charge < -0.3 is 4.98 Å². The Morgan fingerprint density at radius 2 is 1.76 bits per heavy atom. The van der Waals surface area contributed by atoms with Crippen LogP contribution in [0.3, 0.4) is 0 Å². The number of para-hydroxylation sites is 1. The zero-order chi connectivity index (χ0) is 14.1. The molecular weight excluding hydrogens is 254 g/mol. The summed E-state index contributed by atoms with van der Waals surface area (Å²) in [6, 6.07) is 19.6. The minimum absolute atomic E-state index is 0.696. The maximum Gasteiger partial charge on any atom is 0.0459 e. The molecule has 0 spiro atoms. The van der Waals surface area contributed by atoms with Gasteiger partial charge in [0.25, 0.3) is 0 Å². The predicted octanol–water partition coefficient (Wildman–Crippen LogP) is 5.22. The maximum atomic E-state index is 3.70. The van der Waals surface area contributed by atoms with Crippen LogP contribution in [0.1, 0.15) is 42.0 Å². The van der Waals surface area contributed by atoms with Crippen molar-refractivity contribution < 1.29 is 0 Å². The first kappa shape index (κ1) is 12.7. The number of H-pyrrole nitrogens is 1. The average molecular weight is 275 g/mol. The summed E-state index contributed by atoms with van der Waals surface area (Å²) in [5, 5.41) is 1.44. The van der Waals surface area contributed by atoms with Crippen molar-refractivity contribution in [1.82, 2.24) is 4.98 Å². The van der Waals surface area contributed by atoms with E-state index < -0.39 is 0 Å². The van der Waals surface area contributed by atoms with Crippen molar-refractivity contribution in [1.29, 1.82) is 0 Å². The van der Waals surface area contributed by atoms with Crippen LogP contribution in [0.2, 0.25) is 0 Å². The molecule has 0 fully saturated rings. The Bertz CT molecular complexity index is 739. The van der Waals surface area contributed by atoms with Crippen LogP contribution in [0, 0.1) is 0 Å². The highest BCUT2D eigenvalue weighted by atomic mass is 14.7. The Morgan fingerprint density at radius 1 is 0.952 bits per heavy atom. The van der Waals surface area contributed by atoms with Gasteiger partial charge in [0.05, 0.1) is 0 Å². The van der Waals surface area contributed by atoms with Crippen LogP contribution in [0.5, 0.6) is 0 Å². The molecule has 1 heterocycles. The predicted molar refractivity (Wildman–Crippen MR) is 88.7 cm³/mol. The Labute approximate surface area is 126 Å². The van der Waals surface area contributed by atoms with Crippen molar-refractivity contribution in [2.45, 2.75) is 38.0 Å². The molecule has 1 N–H and O–H groups in total. The lowest BCUT2D eigenvalue weighted by molar-refractivity contribution is 0.513. The summed E-state index contributed by atoms with van der Waals surface area (Å²) in [6.45, 7) is 0. The Hall–Kier alpha value is -2.02. The number of aromatic amines is 1. The molecule has 0 amide bonds. The van der Waals surface area contributed by atoms with Gasteiger partial charge in [-0.25, -0.2) is 0 Å². The van der Waals surface area contributed by atoms with Crippen molar-refractivity contribution in [2.75, 3.05) is 0 Å². The van der Waals surface area contributed by atoms with E-state index in [0.29, 0.717) is 5.92 Å². The number of rotatable bonds is 3. The zero-order valence-electron chi connectivity index (χ0n) is 12.3. The highest BCUT2D eigenvalue weighted by Crippen LogP contribution is 2.38. The summed E-state index contributed by atoms with van der Waals surface area (Å²) >= 11 is 0. The monoisotopic (exact) mass is 275 g/mol. The lowest BCUT2D eigenvalue weighted by atomic mass is 9.83. The Balaban J connectivity index is 1.61. The van der Waals surface area contributed by atoms with Crippen LogP contribution < -0.4 is 0 Å². The molecule has 1 aliphatic carbocycles. The average Bonchev–Trinajstić information content (AvgIpc) is 2.93. The molecule has 0 saturated carbocycles. The fraction of sp³-hybridized carbons (Fsp3) is 0.300. The van der Waals surface area contributed by atoms with Gasteiger partial charge in [-0.2, -0.15) is 0 Å². The fourth-order valence-corrected chi connectivity index (χ4v) is 3.78. The summed E-state index contributed by atoms with van der Waals surface area (Å²) in [4.78, 5) is 3.70. The van der Waals surface area contributed by atoms with Gasteiger partial charge >= 0.3 is 0 Å². The van der Waals surface area contributed by atoms with Crippen molar-refractivity contribution in [3.63, 3.8) is 0 Å². The molecule has 0 bridgehead atoms. The van der Waals surface area contributed by atoms with E-state index in [1.54, 1.807) is 5.56 Å². The van der Waals surface area contributed by atoms with Gasteiger partial charge in [0.2, 0.25) is 0 Å². The van der Waals surface area contributed by atoms with E-state index in [1.807, 2.05) is 0 Å². The first-order valence-corrected chi connectivity index (χ1v) is 8.05. The molecule has 1 nitrogen and oxygen atoms in total. The smallest absolute Gasteiger partial charge is 0.0459 e. The van der Waals surface area contributed by atoms with E-state index in [9.17, 15) is 0 Å². The third-order valence-electron chi connectivity index (χ3n) is 4.86. The number of nitrogens with one attached hydrogen (secondary N) is 1. The quantitative estimate of drug-likeness (QED) is 0.674. The standard InChI is InChI=1S/C20H21N/c1-2-7-15(8-3-1)13-14-16-9-6-11-18-17-10-4-5-12-19(17)21-20(16)18/h1-5,7-8,10,12,16,21H,6,9,11,13-14H2. The molecule has 106 valence electrons. The second-order valence-corrected chi connectivity index (χ2v) is 6.18. The number of fused-ring (bicyclic) bond motifs is 3. The largest absolute Gasteiger partial charge is 0.358 e. The zero-order valence-corrected chi connectivity index (χ0v) is 12.3. The molecule has 0 aliphatic heterocycles. The van der Waals surface area contributed by atoms with E-state index in [2.05, 4.69) is 59.6 Å². The van der Waals surface area contributed by atoms with Crippen LogP contribution in [0.25, 0.3) is 10.9 Å². The van der Waals surface area contributed by atoms with E-state index in [-0.39, 0.29) is 0 Å². The molecule has 3 aromatic rings. The third kappa shape index (κ3) is 2.37. The second kappa shape index (κ2) is 5.40. The summed E-state index contributed by atoms with van der Waals surface area (Å²) < 4.78 is 0. The summed E-state index contributed by atoms with van der Waals surface area (Å²) in [7, 11) is 0. The van der Waals surface area contributed by atoms with Gasteiger partial charge in [-0.1, -0.05) is 48.5 Å². The second-order valence-electron chi connectivity index (χ2n) is 6.18. The van der Waals surface area contributed by atoms with E-state index in [4.69, 9.17) is 0 Å². The lowest BCUT2D eigenvalue weighted by Gasteiger charge is -2.22. The molecule has 0 saturated heterocycles. The van der Waals surface area contributed by atoms with E-state index >= 15 is 0 Å².